The molecule has 0 saturated heterocycles. The lowest BCUT2D eigenvalue weighted by Gasteiger charge is -1.98. The van der Waals surface area contributed by atoms with Gasteiger partial charge in [-0.3, -0.25) is 4.98 Å². The molecule has 3 aromatic rings. The Morgan fingerprint density at radius 1 is 1.33 bits per heavy atom. The van der Waals surface area contributed by atoms with Gasteiger partial charge < -0.3 is 10.3 Å². The van der Waals surface area contributed by atoms with Crippen molar-refractivity contribution in [2.24, 2.45) is 0 Å². The van der Waals surface area contributed by atoms with Crippen molar-refractivity contribution in [2.75, 3.05) is 5.73 Å². The maximum Gasteiger partial charge on any atom is 0.261 e. The van der Waals surface area contributed by atoms with Gasteiger partial charge in [0.05, 0.1) is 10.6 Å². The summed E-state index contributed by atoms with van der Waals surface area (Å²) in [5, 5.41) is 4.84. The molecule has 0 amide bonds. The van der Waals surface area contributed by atoms with Crippen molar-refractivity contribution < 1.29 is 4.52 Å². The number of nitrogens with zero attached hydrogens (tertiary/aromatic N) is 3. The highest BCUT2D eigenvalue weighted by Crippen LogP contribution is 2.43. The normalized spacial score (nSPS) is 13.6. The molecule has 0 aliphatic heterocycles. The topological polar surface area (TPSA) is 77.8 Å². The lowest BCUT2D eigenvalue weighted by Crippen LogP contribution is -1.90. The van der Waals surface area contributed by atoms with E-state index in [1.165, 1.54) is 16.9 Å². The zero-order valence-electron chi connectivity index (χ0n) is 11.6. The largest absolute Gasteiger partial charge is 0.390 e. The highest BCUT2D eigenvalue weighted by molar-refractivity contribution is 7.16. The Bertz CT molecular complexity index is 821. The molecule has 5 nitrogen and oxygen atoms in total. The lowest BCUT2D eigenvalue weighted by atomic mass is 10.1. The highest BCUT2D eigenvalue weighted by Gasteiger charge is 2.26. The van der Waals surface area contributed by atoms with Crippen molar-refractivity contribution in [1.29, 1.82) is 0 Å². The Labute approximate surface area is 125 Å². The number of aryl methyl sites for hydroxylation is 2. The molecule has 4 rings (SSSR count). The zero-order chi connectivity index (χ0) is 14.4. The van der Waals surface area contributed by atoms with Crippen molar-refractivity contribution in [1.82, 2.24) is 15.1 Å². The second kappa shape index (κ2) is 4.66. The van der Waals surface area contributed by atoms with E-state index in [9.17, 15) is 0 Å². The van der Waals surface area contributed by atoms with E-state index >= 15 is 0 Å². The summed E-state index contributed by atoms with van der Waals surface area (Å²) in [6.07, 6.45) is 5.05. The number of hydrogen-bond acceptors (Lipinski definition) is 6. The number of thiophene rings is 1. The molecular weight excluding hydrogens is 284 g/mol. The maximum atomic E-state index is 6.14. The third-order valence-electron chi connectivity index (χ3n) is 3.81. The van der Waals surface area contributed by atoms with Crippen LogP contribution in [0, 0.1) is 6.92 Å². The van der Waals surface area contributed by atoms with Gasteiger partial charge in [-0.1, -0.05) is 11.2 Å². The summed E-state index contributed by atoms with van der Waals surface area (Å²) in [7, 11) is 0. The number of nitrogen functional groups attached to an aromatic ring is 1. The van der Waals surface area contributed by atoms with Crippen LogP contribution in [0.3, 0.4) is 0 Å². The number of rotatable bonds is 2. The van der Waals surface area contributed by atoms with E-state index in [1.807, 2.05) is 19.1 Å². The highest BCUT2D eigenvalue weighted by atomic mass is 32.1. The molecule has 21 heavy (non-hydrogen) atoms. The van der Waals surface area contributed by atoms with E-state index in [-0.39, 0.29) is 0 Å². The summed E-state index contributed by atoms with van der Waals surface area (Å²) in [6, 6.07) is 3.87. The Hall–Kier alpha value is -2.21. The molecule has 3 heterocycles. The van der Waals surface area contributed by atoms with Gasteiger partial charge in [0.15, 0.2) is 0 Å². The minimum atomic E-state index is 0.506. The van der Waals surface area contributed by atoms with Crippen LogP contribution in [0.2, 0.25) is 0 Å². The molecule has 0 aromatic carbocycles. The van der Waals surface area contributed by atoms with Crippen molar-refractivity contribution in [3.05, 3.63) is 34.3 Å². The summed E-state index contributed by atoms with van der Waals surface area (Å²) >= 11 is 1.64. The number of aromatic nitrogens is 3. The predicted molar refractivity (Wildman–Crippen MR) is 82.0 cm³/mol. The first-order valence-electron chi connectivity index (χ1n) is 6.90. The minimum Gasteiger partial charge on any atom is -0.390 e. The molecule has 1 aliphatic carbocycles. The summed E-state index contributed by atoms with van der Waals surface area (Å²) < 4.78 is 5.45. The molecule has 106 valence electrons. The van der Waals surface area contributed by atoms with E-state index < -0.39 is 0 Å². The van der Waals surface area contributed by atoms with Gasteiger partial charge in [-0.25, -0.2) is 0 Å². The molecule has 0 unspecified atom stereocenters. The molecule has 2 N–H and O–H groups in total. The number of nitrogens with two attached hydrogens (primary N) is 1. The summed E-state index contributed by atoms with van der Waals surface area (Å²) in [5.74, 6) is 1.02. The second-order valence-corrected chi connectivity index (χ2v) is 6.33. The molecular formula is C15H14N4OS. The van der Waals surface area contributed by atoms with Crippen LogP contribution in [-0.4, -0.2) is 15.1 Å². The van der Waals surface area contributed by atoms with E-state index in [1.54, 1.807) is 17.5 Å². The van der Waals surface area contributed by atoms with Gasteiger partial charge in [-0.2, -0.15) is 4.98 Å². The number of anilines is 1. The molecule has 0 saturated carbocycles. The average Bonchev–Trinajstić information content (AvgIpc) is 3.15. The Morgan fingerprint density at radius 3 is 3.10 bits per heavy atom. The van der Waals surface area contributed by atoms with Crippen LogP contribution in [-0.2, 0) is 12.8 Å². The first kappa shape index (κ1) is 12.5. The van der Waals surface area contributed by atoms with Gasteiger partial charge in [-0.05, 0) is 43.4 Å². The third kappa shape index (κ3) is 1.94. The first-order valence-corrected chi connectivity index (χ1v) is 7.72. The van der Waals surface area contributed by atoms with Crippen LogP contribution in [0.15, 0.2) is 22.9 Å². The second-order valence-electron chi connectivity index (χ2n) is 5.19. The van der Waals surface area contributed by atoms with E-state index in [2.05, 4.69) is 15.1 Å². The fourth-order valence-corrected chi connectivity index (χ4v) is 3.95. The van der Waals surface area contributed by atoms with Gasteiger partial charge >= 0.3 is 0 Å². The van der Waals surface area contributed by atoms with Crippen LogP contribution in [0.25, 0.3) is 23.0 Å². The van der Waals surface area contributed by atoms with E-state index in [4.69, 9.17) is 10.3 Å². The van der Waals surface area contributed by atoms with E-state index in [0.717, 1.165) is 34.7 Å². The van der Waals surface area contributed by atoms with Crippen LogP contribution >= 0.6 is 11.3 Å². The van der Waals surface area contributed by atoms with Gasteiger partial charge in [0, 0.05) is 11.1 Å². The molecule has 0 atom stereocenters. The fourth-order valence-electron chi connectivity index (χ4n) is 2.80. The molecule has 0 bridgehead atoms. The standard InChI is InChI=1S/C15H14N4OS/c1-8-4-3-7-17-12(8)14-18-15(20-19-14)11-9-5-2-6-10(9)21-13(11)16/h3-4,7H,2,5-6,16H2,1H3. The smallest absolute Gasteiger partial charge is 0.261 e. The first-order chi connectivity index (χ1) is 10.2. The van der Waals surface area contributed by atoms with Gasteiger partial charge in [0.2, 0.25) is 5.82 Å². The van der Waals surface area contributed by atoms with Crippen molar-refractivity contribution in [3.8, 4) is 23.0 Å². The summed E-state index contributed by atoms with van der Waals surface area (Å²) in [5.41, 5.74) is 10.1. The fraction of sp³-hybridized carbons (Fsp3) is 0.267. The predicted octanol–water partition coefficient (Wildman–Crippen LogP) is 3.24. The van der Waals surface area contributed by atoms with Gasteiger partial charge in [0.1, 0.15) is 5.69 Å². The van der Waals surface area contributed by atoms with Crippen molar-refractivity contribution in [2.45, 2.75) is 26.2 Å². The summed E-state index contributed by atoms with van der Waals surface area (Å²) in [6.45, 7) is 1.98. The monoisotopic (exact) mass is 298 g/mol. The Balaban J connectivity index is 1.81. The zero-order valence-corrected chi connectivity index (χ0v) is 12.4. The molecule has 3 aromatic heterocycles. The molecule has 0 radical (unpaired) electrons. The molecule has 0 fully saturated rings. The number of pyridine rings is 1. The van der Waals surface area contributed by atoms with Crippen LogP contribution in [0.5, 0.6) is 0 Å². The van der Waals surface area contributed by atoms with Crippen molar-refractivity contribution in [3.63, 3.8) is 0 Å². The lowest BCUT2D eigenvalue weighted by molar-refractivity contribution is 0.432. The quantitative estimate of drug-likeness (QED) is 0.785. The molecule has 0 spiro atoms. The van der Waals surface area contributed by atoms with Crippen LogP contribution in [0.4, 0.5) is 5.00 Å². The molecule has 1 aliphatic rings. The van der Waals surface area contributed by atoms with Crippen LogP contribution in [0.1, 0.15) is 22.4 Å². The van der Waals surface area contributed by atoms with E-state index in [0.29, 0.717) is 11.7 Å². The number of fused-ring (bicyclic) bond motifs is 1. The molecule has 6 heteroatoms. The summed E-state index contributed by atoms with van der Waals surface area (Å²) in [4.78, 5) is 10.2. The van der Waals surface area contributed by atoms with Gasteiger partial charge in [0.25, 0.3) is 5.89 Å². The maximum absolute atomic E-state index is 6.14. The third-order valence-corrected chi connectivity index (χ3v) is 4.93. The van der Waals surface area contributed by atoms with Gasteiger partial charge in [-0.15, -0.1) is 11.3 Å². The average molecular weight is 298 g/mol. The van der Waals surface area contributed by atoms with Crippen LogP contribution < -0.4 is 5.73 Å². The van der Waals surface area contributed by atoms with Crippen molar-refractivity contribution >= 4 is 16.3 Å². The Morgan fingerprint density at radius 2 is 2.24 bits per heavy atom. The minimum absolute atomic E-state index is 0.506. The Kier molecular flexibility index (Phi) is 2.78. The SMILES string of the molecule is Cc1cccnc1-c1noc(-c2c(N)sc3c2CCC3)n1. The number of hydrogen-bond donors (Lipinski definition) is 1.